The zero-order valence-electron chi connectivity index (χ0n) is 9.90. The summed E-state index contributed by atoms with van der Waals surface area (Å²) < 4.78 is 0. The number of likely N-dealkylation sites (N-methyl/N-ethyl adjacent to an activating group) is 1. The van der Waals surface area contributed by atoms with Crippen LogP contribution in [0, 0.1) is 0 Å². The van der Waals surface area contributed by atoms with E-state index in [4.69, 9.17) is 5.84 Å². The molecule has 0 bridgehead atoms. The van der Waals surface area contributed by atoms with Crippen molar-refractivity contribution >= 4 is 11.6 Å². The fourth-order valence-corrected chi connectivity index (χ4v) is 1.40. The van der Waals surface area contributed by atoms with Gasteiger partial charge < -0.3 is 15.6 Å². The van der Waals surface area contributed by atoms with E-state index in [9.17, 15) is 0 Å². The highest BCUT2D eigenvalue weighted by molar-refractivity contribution is 5.40. The van der Waals surface area contributed by atoms with Crippen LogP contribution in [-0.2, 0) is 0 Å². The van der Waals surface area contributed by atoms with Gasteiger partial charge in [-0.05, 0) is 13.1 Å². The van der Waals surface area contributed by atoms with Crippen molar-refractivity contribution in [2.45, 2.75) is 13.8 Å². The van der Waals surface area contributed by atoms with E-state index >= 15 is 0 Å². The molecule has 0 amide bonds. The van der Waals surface area contributed by atoms with Crippen LogP contribution in [0.15, 0.2) is 12.4 Å². The molecule has 0 fully saturated rings. The highest BCUT2D eigenvalue weighted by atomic mass is 15.3. The smallest absolute Gasteiger partial charge is 0.160 e. The van der Waals surface area contributed by atoms with E-state index in [2.05, 4.69) is 39.5 Å². The molecule has 0 saturated heterocycles. The second kappa shape index (κ2) is 6.97. The molecule has 0 aliphatic rings. The van der Waals surface area contributed by atoms with Crippen molar-refractivity contribution in [1.29, 1.82) is 0 Å². The minimum atomic E-state index is 0.563. The third kappa shape index (κ3) is 4.00. The number of nitrogens with two attached hydrogens (primary N) is 1. The van der Waals surface area contributed by atoms with E-state index in [0.717, 1.165) is 32.0 Å². The fourth-order valence-electron chi connectivity index (χ4n) is 1.40. The van der Waals surface area contributed by atoms with Crippen LogP contribution < -0.4 is 16.6 Å². The molecule has 1 rings (SSSR count). The lowest BCUT2D eigenvalue weighted by Gasteiger charge is -2.18. The zero-order chi connectivity index (χ0) is 11.8. The van der Waals surface area contributed by atoms with Crippen molar-refractivity contribution in [2.24, 2.45) is 5.84 Å². The molecule has 6 heteroatoms. The third-order valence-electron chi connectivity index (χ3n) is 2.41. The summed E-state index contributed by atoms with van der Waals surface area (Å²) >= 11 is 0. The van der Waals surface area contributed by atoms with Gasteiger partial charge in [0.2, 0.25) is 0 Å². The SMILES string of the molecule is CCN(CC)CCNc1cncc(NN)n1. The molecule has 1 aromatic heterocycles. The predicted molar refractivity (Wildman–Crippen MR) is 66.1 cm³/mol. The Morgan fingerprint density at radius 1 is 1.25 bits per heavy atom. The zero-order valence-corrected chi connectivity index (χ0v) is 9.90. The van der Waals surface area contributed by atoms with E-state index in [1.165, 1.54) is 0 Å². The van der Waals surface area contributed by atoms with Crippen LogP contribution in [0.5, 0.6) is 0 Å². The molecule has 1 aromatic rings. The van der Waals surface area contributed by atoms with Crippen molar-refractivity contribution in [2.75, 3.05) is 36.9 Å². The lowest BCUT2D eigenvalue weighted by Crippen LogP contribution is -2.28. The van der Waals surface area contributed by atoms with Crippen LogP contribution in [0.2, 0.25) is 0 Å². The lowest BCUT2D eigenvalue weighted by molar-refractivity contribution is 0.316. The largest absolute Gasteiger partial charge is 0.367 e. The predicted octanol–water partition coefficient (Wildman–Crippen LogP) is 0.516. The fraction of sp³-hybridized carbons (Fsp3) is 0.600. The Kier molecular flexibility index (Phi) is 5.52. The van der Waals surface area contributed by atoms with Crippen molar-refractivity contribution in [3.63, 3.8) is 0 Å². The minimum absolute atomic E-state index is 0.563. The minimum Gasteiger partial charge on any atom is -0.367 e. The summed E-state index contributed by atoms with van der Waals surface area (Å²) in [6, 6.07) is 0. The van der Waals surface area contributed by atoms with Gasteiger partial charge in [-0.3, -0.25) is 4.98 Å². The molecule has 0 aliphatic carbocycles. The number of aromatic nitrogens is 2. The number of nitrogens with zero attached hydrogens (tertiary/aromatic N) is 3. The molecule has 90 valence electrons. The second-order valence-electron chi connectivity index (χ2n) is 3.39. The van der Waals surface area contributed by atoms with Gasteiger partial charge in [0.25, 0.3) is 0 Å². The molecule has 16 heavy (non-hydrogen) atoms. The first-order valence-electron chi connectivity index (χ1n) is 5.55. The molecule has 0 atom stereocenters. The Morgan fingerprint density at radius 3 is 2.56 bits per heavy atom. The highest BCUT2D eigenvalue weighted by Gasteiger charge is 1.99. The average Bonchev–Trinajstić information content (AvgIpc) is 2.35. The number of rotatable bonds is 7. The molecule has 0 saturated carbocycles. The molecule has 0 spiro atoms. The van der Waals surface area contributed by atoms with Gasteiger partial charge in [-0.2, -0.15) is 0 Å². The van der Waals surface area contributed by atoms with Crippen LogP contribution in [-0.4, -0.2) is 41.0 Å². The summed E-state index contributed by atoms with van der Waals surface area (Å²) in [5, 5.41) is 3.21. The molecular weight excluding hydrogens is 204 g/mol. The van der Waals surface area contributed by atoms with Gasteiger partial charge in [-0.1, -0.05) is 13.8 Å². The van der Waals surface area contributed by atoms with Crippen molar-refractivity contribution in [1.82, 2.24) is 14.9 Å². The molecule has 4 N–H and O–H groups in total. The van der Waals surface area contributed by atoms with Gasteiger partial charge in [0.1, 0.15) is 5.82 Å². The average molecular weight is 224 g/mol. The number of nitrogen functional groups attached to an aromatic ring is 1. The van der Waals surface area contributed by atoms with E-state index < -0.39 is 0 Å². The maximum atomic E-state index is 5.25. The molecule has 0 aliphatic heterocycles. The Hall–Kier alpha value is -1.40. The van der Waals surface area contributed by atoms with E-state index in [-0.39, 0.29) is 0 Å². The van der Waals surface area contributed by atoms with Crippen molar-refractivity contribution in [3.05, 3.63) is 12.4 Å². The Bertz CT molecular complexity index is 299. The Balaban J connectivity index is 2.36. The van der Waals surface area contributed by atoms with Crippen molar-refractivity contribution in [3.8, 4) is 0 Å². The van der Waals surface area contributed by atoms with Crippen molar-refractivity contribution < 1.29 is 0 Å². The summed E-state index contributed by atoms with van der Waals surface area (Å²) in [6.45, 7) is 8.28. The second-order valence-corrected chi connectivity index (χ2v) is 3.39. The summed E-state index contributed by atoms with van der Waals surface area (Å²) in [5.41, 5.74) is 2.46. The molecule has 0 aromatic carbocycles. The summed E-state index contributed by atoms with van der Waals surface area (Å²) in [6.07, 6.45) is 3.26. The Labute approximate surface area is 96.2 Å². The third-order valence-corrected chi connectivity index (χ3v) is 2.41. The molecule has 6 nitrogen and oxygen atoms in total. The lowest BCUT2D eigenvalue weighted by atomic mass is 10.4. The number of anilines is 2. The van der Waals surface area contributed by atoms with Crippen LogP contribution in [0.3, 0.4) is 0 Å². The van der Waals surface area contributed by atoms with Crippen LogP contribution >= 0.6 is 0 Å². The maximum absolute atomic E-state index is 5.25. The van der Waals surface area contributed by atoms with E-state index in [1.807, 2.05) is 0 Å². The molecule has 0 radical (unpaired) electrons. The number of hydrogen-bond donors (Lipinski definition) is 3. The normalized spacial score (nSPS) is 10.5. The summed E-state index contributed by atoms with van der Waals surface area (Å²) in [7, 11) is 0. The molecular formula is C10H20N6. The van der Waals surface area contributed by atoms with Gasteiger partial charge in [-0.15, -0.1) is 0 Å². The number of nitrogens with one attached hydrogen (secondary N) is 2. The Morgan fingerprint density at radius 2 is 1.94 bits per heavy atom. The quantitative estimate of drug-likeness (QED) is 0.463. The topological polar surface area (TPSA) is 79.1 Å². The molecule has 0 unspecified atom stereocenters. The van der Waals surface area contributed by atoms with Gasteiger partial charge in [0.05, 0.1) is 12.4 Å². The van der Waals surface area contributed by atoms with E-state index in [1.54, 1.807) is 12.4 Å². The highest BCUT2D eigenvalue weighted by Crippen LogP contribution is 2.04. The van der Waals surface area contributed by atoms with Gasteiger partial charge in [-0.25, -0.2) is 10.8 Å². The monoisotopic (exact) mass is 224 g/mol. The van der Waals surface area contributed by atoms with Gasteiger partial charge >= 0.3 is 0 Å². The summed E-state index contributed by atoms with van der Waals surface area (Å²) in [5.74, 6) is 6.55. The first-order chi connectivity index (χ1) is 7.80. The summed E-state index contributed by atoms with van der Waals surface area (Å²) in [4.78, 5) is 10.6. The van der Waals surface area contributed by atoms with Crippen LogP contribution in [0.4, 0.5) is 11.6 Å². The van der Waals surface area contributed by atoms with Crippen LogP contribution in [0.25, 0.3) is 0 Å². The first kappa shape index (κ1) is 12.7. The van der Waals surface area contributed by atoms with Gasteiger partial charge in [0, 0.05) is 13.1 Å². The number of hydrogen-bond acceptors (Lipinski definition) is 6. The molecule has 1 heterocycles. The number of hydrazine groups is 1. The maximum Gasteiger partial charge on any atom is 0.160 e. The first-order valence-corrected chi connectivity index (χ1v) is 5.55. The van der Waals surface area contributed by atoms with Crippen LogP contribution in [0.1, 0.15) is 13.8 Å². The standard InChI is InChI=1S/C10H20N6/c1-3-16(4-2)6-5-13-9-7-12-8-10(14-9)15-11/h7-8H,3-6,11H2,1-2H3,(H2,13,14,15). The van der Waals surface area contributed by atoms with Gasteiger partial charge in [0.15, 0.2) is 5.82 Å². The van der Waals surface area contributed by atoms with E-state index in [0.29, 0.717) is 5.82 Å².